The molecule has 0 aliphatic heterocycles. The largest absolute Gasteiger partial charge is 0.480 e. The highest BCUT2D eigenvalue weighted by Gasteiger charge is 2.32. The number of hydrogen-bond acceptors (Lipinski definition) is 8. The van der Waals surface area contributed by atoms with E-state index in [4.69, 9.17) is 26.2 Å². The molecule has 3 rings (SSSR count). The molecule has 13 nitrogen and oxygen atoms in total. The number of carboxylic acids is 1. The summed E-state index contributed by atoms with van der Waals surface area (Å²) in [5, 5.41) is 18.9. The van der Waals surface area contributed by atoms with Crippen LogP contribution in [0.15, 0.2) is 48.5 Å². The van der Waals surface area contributed by atoms with E-state index in [2.05, 4.69) is 16.0 Å². The first-order valence-corrected chi connectivity index (χ1v) is 16.2. The molecule has 1 aliphatic rings. The van der Waals surface area contributed by atoms with Crippen molar-refractivity contribution < 1.29 is 43.3 Å². The van der Waals surface area contributed by atoms with E-state index in [1.807, 2.05) is 11.4 Å². The highest BCUT2D eigenvalue weighted by atomic mass is 35.5. The molecule has 2 atom stereocenters. The summed E-state index contributed by atoms with van der Waals surface area (Å²) < 4.78 is 10.9. The number of carbonyl (C=O) groups excluding carboxylic acids is 5. The van der Waals surface area contributed by atoms with Crippen molar-refractivity contribution in [2.45, 2.75) is 83.6 Å². The van der Waals surface area contributed by atoms with Crippen LogP contribution < -0.4 is 21.3 Å². The molecule has 0 heterocycles. The van der Waals surface area contributed by atoms with Crippen molar-refractivity contribution in [3.8, 4) is 0 Å². The van der Waals surface area contributed by atoms with Crippen molar-refractivity contribution in [3.05, 3.63) is 64.7 Å². The van der Waals surface area contributed by atoms with E-state index >= 15 is 0 Å². The number of carbonyl (C=O) groups is 6. The first-order chi connectivity index (χ1) is 22.7. The third-order valence-electron chi connectivity index (χ3n) is 7.43. The molecule has 260 valence electrons. The molecular formula is C34H43ClN4O9. The van der Waals surface area contributed by atoms with Crippen LogP contribution in [0.1, 0.15) is 75.2 Å². The van der Waals surface area contributed by atoms with E-state index in [0.717, 1.165) is 37.7 Å². The van der Waals surface area contributed by atoms with Crippen LogP contribution in [0, 0.1) is 5.92 Å². The minimum atomic E-state index is -1.47. The number of ketones is 1. The van der Waals surface area contributed by atoms with E-state index in [1.165, 1.54) is 18.2 Å². The van der Waals surface area contributed by atoms with Gasteiger partial charge in [-0.05, 0) is 56.9 Å². The number of amides is 4. The van der Waals surface area contributed by atoms with Crippen LogP contribution in [0.25, 0.3) is 0 Å². The number of anilines is 1. The predicted octanol–water partition coefficient (Wildman–Crippen LogP) is 4.23. The van der Waals surface area contributed by atoms with Crippen LogP contribution >= 0.6 is 11.6 Å². The fourth-order valence-corrected chi connectivity index (χ4v) is 5.30. The van der Waals surface area contributed by atoms with Crippen LogP contribution in [-0.4, -0.2) is 71.5 Å². The molecule has 0 aromatic heterocycles. The van der Waals surface area contributed by atoms with Crippen molar-refractivity contribution in [1.29, 1.82) is 0 Å². The molecule has 0 saturated heterocycles. The number of nitrogens with one attached hydrogen (secondary N) is 4. The first-order valence-electron chi connectivity index (χ1n) is 15.8. The fraction of sp³-hybridized carbons (Fsp3) is 0.471. The van der Waals surface area contributed by atoms with Gasteiger partial charge in [-0.25, -0.2) is 4.79 Å². The molecule has 14 heteroatoms. The van der Waals surface area contributed by atoms with Crippen LogP contribution in [0.3, 0.4) is 0 Å². The topological polar surface area (TPSA) is 189 Å². The van der Waals surface area contributed by atoms with Crippen molar-refractivity contribution in [2.75, 3.05) is 18.5 Å². The normalized spacial score (nSPS) is 14.6. The molecule has 4 amide bonds. The van der Waals surface area contributed by atoms with Gasteiger partial charge in [0.2, 0.25) is 11.7 Å². The number of aliphatic carboxylic acids is 1. The number of ether oxygens (including phenoxy) is 2. The fourth-order valence-electron chi connectivity index (χ4n) is 5.13. The maximum Gasteiger partial charge on any atom is 0.412 e. The predicted molar refractivity (Wildman–Crippen MR) is 177 cm³/mol. The molecule has 0 radical (unpaired) electrons. The Labute approximate surface area is 284 Å². The minimum Gasteiger partial charge on any atom is -0.480 e. The minimum absolute atomic E-state index is 0.0791. The van der Waals surface area contributed by atoms with Gasteiger partial charge in [-0.15, -0.1) is 0 Å². The van der Waals surface area contributed by atoms with Crippen LogP contribution in [0.5, 0.6) is 0 Å². The van der Waals surface area contributed by atoms with E-state index in [9.17, 15) is 28.8 Å². The zero-order chi connectivity index (χ0) is 35.3. The van der Waals surface area contributed by atoms with Crippen molar-refractivity contribution >= 4 is 52.9 Å². The Morgan fingerprint density at radius 3 is 2.27 bits per heavy atom. The van der Waals surface area contributed by atoms with E-state index < -0.39 is 59.8 Å². The molecule has 1 saturated carbocycles. The van der Waals surface area contributed by atoms with Crippen LogP contribution in [0.2, 0.25) is 5.02 Å². The molecule has 2 aromatic carbocycles. The Bertz CT molecular complexity index is 1460. The van der Waals surface area contributed by atoms with Crippen molar-refractivity contribution in [2.24, 2.45) is 5.92 Å². The molecule has 2 aromatic rings. The van der Waals surface area contributed by atoms with Crippen LogP contribution in [0.4, 0.5) is 10.5 Å². The number of halogens is 1. The maximum absolute atomic E-state index is 13.8. The number of rotatable bonds is 15. The number of hydrogen-bond donors (Lipinski definition) is 5. The lowest BCUT2D eigenvalue weighted by molar-refractivity contribution is -0.143. The molecule has 48 heavy (non-hydrogen) atoms. The Kier molecular flexibility index (Phi) is 14.4. The van der Waals surface area contributed by atoms with Gasteiger partial charge in [-0.2, -0.15) is 0 Å². The van der Waals surface area contributed by atoms with Gasteiger partial charge in [0, 0.05) is 5.56 Å². The Morgan fingerprint density at radius 1 is 0.938 bits per heavy atom. The molecule has 1 fully saturated rings. The lowest BCUT2D eigenvalue weighted by atomic mass is 9.84. The van der Waals surface area contributed by atoms with Gasteiger partial charge in [0.25, 0.3) is 11.8 Å². The van der Waals surface area contributed by atoms with E-state index in [-0.39, 0.29) is 41.8 Å². The smallest absolute Gasteiger partial charge is 0.412 e. The van der Waals surface area contributed by atoms with Gasteiger partial charge < -0.3 is 30.5 Å². The summed E-state index contributed by atoms with van der Waals surface area (Å²) in [6.07, 6.45) is 4.22. The second-order valence-electron chi connectivity index (χ2n) is 12.6. The van der Waals surface area contributed by atoms with E-state index in [1.54, 1.807) is 45.0 Å². The lowest BCUT2D eigenvalue weighted by Crippen LogP contribution is -2.56. The molecular weight excluding hydrogens is 644 g/mol. The highest BCUT2D eigenvalue weighted by Crippen LogP contribution is 2.28. The zero-order valence-electron chi connectivity index (χ0n) is 27.3. The van der Waals surface area contributed by atoms with E-state index in [0.29, 0.717) is 0 Å². The number of Topliss-reactive ketones (excluding diaryl/α,β-unsaturated/α-hetero) is 1. The lowest BCUT2D eigenvalue weighted by Gasteiger charge is -2.28. The van der Waals surface area contributed by atoms with Gasteiger partial charge in [-0.1, -0.05) is 74.0 Å². The number of carboxylic acid groups (broad SMARTS) is 1. The molecule has 0 bridgehead atoms. The van der Waals surface area contributed by atoms with Crippen LogP contribution in [-0.2, 0) is 35.3 Å². The Hall–Kier alpha value is -4.49. The summed E-state index contributed by atoms with van der Waals surface area (Å²) in [4.78, 5) is 76.2. The summed E-state index contributed by atoms with van der Waals surface area (Å²) in [6.45, 7) is 4.00. The monoisotopic (exact) mass is 686 g/mol. The summed E-state index contributed by atoms with van der Waals surface area (Å²) in [5.74, 6) is -4.90. The summed E-state index contributed by atoms with van der Waals surface area (Å²) >= 11 is 6.26. The first kappa shape index (κ1) is 38.0. The Balaban J connectivity index is 1.80. The van der Waals surface area contributed by atoms with Crippen molar-refractivity contribution in [1.82, 2.24) is 16.0 Å². The van der Waals surface area contributed by atoms with Gasteiger partial charge >= 0.3 is 12.1 Å². The average Bonchev–Trinajstić information content (AvgIpc) is 3.03. The summed E-state index contributed by atoms with van der Waals surface area (Å²) in [7, 11) is 0. The number of benzene rings is 2. The van der Waals surface area contributed by atoms with Gasteiger partial charge in [0.1, 0.15) is 24.2 Å². The molecule has 5 N–H and O–H groups in total. The third-order valence-corrected chi connectivity index (χ3v) is 7.76. The summed E-state index contributed by atoms with van der Waals surface area (Å²) in [6, 6.07) is 10.7. The average molecular weight is 687 g/mol. The third kappa shape index (κ3) is 13.0. The molecule has 1 unspecified atom stereocenters. The van der Waals surface area contributed by atoms with Gasteiger partial charge in [0.15, 0.2) is 0 Å². The maximum atomic E-state index is 13.8. The van der Waals surface area contributed by atoms with Crippen molar-refractivity contribution in [3.63, 3.8) is 0 Å². The standard InChI is InChI=1S/C34H43ClN4O9/c1-34(2,3)48-33(46)39-25-17-23(14-15-24(25)35)30(43)37-26(16-21-10-6-4-7-11-21)31(44)38-27(29(42)32(45)36-18-28(40)41)20-47-19-22-12-8-5-9-13-22/h5,8-9,12-15,17,21,26-27H,4,6-7,10-11,16,18-20H2,1-3H3,(H,36,45)(H,37,43)(H,38,44)(H,39,46)(H,40,41)/t26-,27?/m1/s1. The second-order valence-corrected chi connectivity index (χ2v) is 13.0. The SMILES string of the molecule is CC(C)(C)OC(=O)Nc1cc(C(=O)N[C@H](CC2CCCCC2)C(=O)NC(COCc2ccccc2)C(=O)C(=O)NCC(=O)O)ccc1Cl. The second kappa shape index (κ2) is 18.2. The quantitative estimate of drug-likeness (QED) is 0.171. The van der Waals surface area contributed by atoms with Gasteiger partial charge in [-0.3, -0.25) is 29.3 Å². The summed E-state index contributed by atoms with van der Waals surface area (Å²) in [5.41, 5.74) is 0.240. The Morgan fingerprint density at radius 2 is 1.62 bits per heavy atom. The highest BCUT2D eigenvalue weighted by molar-refractivity contribution is 6.38. The zero-order valence-corrected chi connectivity index (χ0v) is 28.1. The molecule has 1 aliphatic carbocycles. The molecule has 0 spiro atoms. The van der Waals surface area contributed by atoms with Gasteiger partial charge in [0.05, 0.1) is 23.9 Å².